The summed E-state index contributed by atoms with van der Waals surface area (Å²) in [6.07, 6.45) is 2.50. The maximum Gasteiger partial charge on any atom is 0.0410 e. The standard InChI is InChI=1S/C14H20ClN/c1-14(2,3)7-6-10-9-16-13-5-4-11(15)8-12(10)13/h4-5,8,10,16H,6-7,9H2,1-3H3. The lowest BCUT2D eigenvalue weighted by molar-refractivity contribution is 0.352. The van der Waals surface area contributed by atoms with Crippen molar-refractivity contribution in [2.75, 3.05) is 11.9 Å². The normalized spacial score (nSPS) is 19.4. The first-order valence-electron chi connectivity index (χ1n) is 5.99. The van der Waals surface area contributed by atoms with Crippen LogP contribution < -0.4 is 5.32 Å². The van der Waals surface area contributed by atoms with E-state index in [1.54, 1.807) is 0 Å². The molecule has 0 amide bonds. The second kappa shape index (κ2) is 4.29. The number of benzene rings is 1. The first kappa shape index (κ1) is 11.8. The zero-order chi connectivity index (χ0) is 11.8. The second-order valence-corrected chi connectivity index (χ2v) is 6.35. The van der Waals surface area contributed by atoms with Crippen molar-refractivity contribution in [1.29, 1.82) is 0 Å². The molecule has 88 valence electrons. The Bertz CT molecular complexity index is 379. The van der Waals surface area contributed by atoms with E-state index in [-0.39, 0.29) is 0 Å². The number of halogens is 1. The Balaban J connectivity index is 2.08. The zero-order valence-electron chi connectivity index (χ0n) is 10.3. The van der Waals surface area contributed by atoms with Gasteiger partial charge in [0.05, 0.1) is 0 Å². The van der Waals surface area contributed by atoms with E-state index in [4.69, 9.17) is 11.6 Å². The first-order chi connectivity index (χ1) is 7.46. The van der Waals surface area contributed by atoms with Crippen molar-refractivity contribution < 1.29 is 0 Å². The molecule has 2 rings (SSSR count). The molecule has 1 unspecified atom stereocenters. The van der Waals surface area contributed by atoms with Crippen LogP contribution >= 0.6 is 11.6 Å². The van der Waals surface area contributed by atoms with Gasteiger partial charge in [-0.25, -0.2) is 0 Å². The molecule has 1 aromatic rings. The molecule has 16 heavy (non-hydrogen) atoms. The summed E-state index contributed by atoms with van der Waals surface area (Å²) >= 11 is 6.05. The Labute approximate surface area is 103 Å². The third-order valence-electron chi connectivity index (χ3n) is 3.24. The Morgan fingerprint density at radius 3 is 2.81 bits per heavy atom. The Hall–Kier alpha value is -0.690. The van der Waals surface area contributed by atoms with E-state index in [9.17, 15) is 0 Å². The monoisotopic (exact) mass is 237 g/mol. The summed E-state index contributed by atoms with van der Waals surface area (Å²) in [5.41, 5.74) is 3.08. The van der Waals surface area contributed by atoms with Gasteiger partial charge in [0.2, 0.25) is 0 Å². The molecule has 1 heterocycles. The second-order valence-electron chi connectivity index (χ2n) is 5.91. The van der Waals surface area contributed by atoms with Crippen LogP contribution in [-0.4, -0.2) is 6.54 Å². The van der Waals surface area contributed by atoms with E-state index < -0.39 is 0 Å². The lowest BCUT2D eigenvalue weighted by atomic mass is 9.85. The van der Waals surface area contributed by atoms with Gasteiger partial charge in [0.1, 0.15) is 0 Å². The molecular formula is C14H20ClN. The van der Waals surface area contributed by atoms with E-state index in [0.717, 1.165) is 11.6 Å². The maximum absolute atomic E-state index is 6.05. The molecule has 0 bridgehead atoms. The van der Waals surface area contributed by atoms with Crippen molar-refractivity contribution in [3.63, 3.8) is 0 Å². The van der Waals surface area contributed by atoms with Gasteiger partial charge in [0.15, 0.2) is 0 Å². The fraction of sp³-hybridized carbons (Fsp3) is 0.571. The smallest absolute Gasteiger partial charge is 0.0410 e. The predicted molar refractivity (Wildman–Crippen MR) is 71.4 cm³/mol. The third-order valence-corrected chi connectivity index (χ3v) is 3.47. The molecule has 1 atom stereocenters. The number of rotatable bonds is 2. The molecule has 0 aromatic heterocycles. The van der Waals surface area contributed by atoms with Crippen LogP contribution in [0.2, 0.25) is 5.02 Å². The Morgan fingerprint density at radius 1 is 1.38 bits per heavy atom. The van der Waals surface area contributed by atoms with Crippen LogP contribution in [0.25, 0.3) is 0 Å². The minimum absolute atomic E-state index is 0.418. The largest absolute Gasteiger partial charge is 0.384 e. The molecular weight excluding hydrogens is 218 g/mol. The van der Waals surface area contributed by atoms with E-state index in [0.29, 0.717) is 11.3 Å². The van der Waals surface area contributed by atoms with Crippen molar-refractivity contribution >= 4 is 17.3 Å². The van der Waals surface area contributed by atoms with Gasteiger partial charge in [-0.15, -0.1) is 0 Å². The maximum atomic E-state index is 6.05. The molecule has 1 aromatic carbocycles. The highest BCUT2D eigenvalue weighted by Gasteiger charge is 2.23. The van der Waals surface area contributed by atoms with Crippen molar-refractivity contribution in [3.8, 4) is 0 Å². The SMILES string of the molecule is CC(C)(C)CCC1CNc2ccc(Cl)cc21. The first-order valence-corrected chi connectivity index (χ1v) is 6.37. The van der Waals surface area contributed by atoms with Crippen LogP contribution in [0.5, 0.6) is 0 Å². The van der Waals surface area contributed by atoms with E-state index in [1.807, 2.05) is 6.07 Å². The summed E-state index contributed by atoms with van der Waals surface area (Å²) in [5.74, 6) is 0.632. The van der Waals surface area contributed by atoms with Crippen LogP contribution in [0.3, 0.4) is 0 Å². The molecule has 1 nitrogen and oxygen atoms in total. The molecule has 0 saturated carbocycles. The van der Waals surface area contributed by atoms with E-state index in [1.165, 1.54) is 24.1 Å². The van der Waals surface area contributed by atoms with E-state index in [2.05, 4.69) is 38.2 Å². The fourth-order valence-electron chi connectivity index (χ4n) is 2.24. The third kappa shape index (κ3) is 2.70. The molecule has 0 spiro atoms. The highest BCUT2D eigenvalue weighted by atomic mass is 35.5. The summed E-state index contributed by atoms with van der Waals surface area (Å²) in [6, 6.07) is 6.17. The molecule has 0 saturated heterocycles. The van der Waals surface area contributed by atoms with Crippen molar-refractivity contribution in [3.05, 3.63) is 28.8 Å². The van der Waals surface area contributed by atoms with Gasteiger partial charge in [-0.1, -0.05) is 32.4 Å². The van der Waals surface area contributed by atoms with Crippen LogP contribution in [0, 0.1) is 5.41 Å². The molecule has 1 aliphatic rings. The fourth-order valence-corrected chi connectivity index (χ4v) is 2.42. The van der Waals surface area contributed by atoms with Gasteiger partial charge in [-0.3, -0.25) is 0 Å². The molecule has 0 aliphatic carbocycles. The number of nitrogens with one attached hydrogen (secondary N) is 1. The molecule has 1 N–H and O–H groups in total. The van der Waals surface area contributed by atoms with E-state index >= 15 is 0 Å². The summed E-state index contributed by atoms with van der Waals surface area (Å²) < 4.78 is 0. The van der Waals surface area contributed by atoms with Crippen LogP contribution in [-0.2, 0) is 0 Å². The molecule has 0 fully saturated rings. The average molecular weight is 238 g/mol. The number of anilines is 1. The minimum atomic E-state index is 0.418. The van der Waals surface area contributed by atoms with Gasteiger partial charge in [-0.2, -0.15) is 0 Å². The molecule has 2 heteroatoms. The van der Waals surface area contributed by atoms with Gasteiger partial charge >= 0.3 is 0 Å². The highest BCUT2D eigenvalue weighted by molar-refractivity contribution is 6.30. The number of fused-ring (bicyclic) bond motifs is 1. The van der Waals surface area contributed by atoms with Gasteiger partial charge in [-0.05, 0) is 42.0 Å². The number of hydrogen-bond acceptors (Lipinski definition) is 1. The van der Waals surface area contributed by atoms with Crippen LogP contribution in [0.4, 0.5) is 5.69 Å². The molecule has 1 aliphatic heterocycles. The zero-order valence-corrected chi connectivity index (χ0v) is 11.1. The predicted octanol–water partition coefficient (Wildman–Crippen LogP) is 4.68. The Morgan fingerprint density at radius 2 is 2.12 bits per heavy atom. The average Bonchev–Trinajstić information content (AvgIpc) is 2.56. The molecule has 0 radical (unpaired) electrons. The summed E-state index contributed by atoms with van der Waals surface area (Å²) in [7, 11) is 0. The quantitative estimate of drug-likeness (QED) is 0.788. The minimum Gasteiger partial charge on any atom is -0.384 e. The summed E-state index contributed by atoms with van der Waals surface area (Å²) in [5, 5.41) is 4.31. The van der Waals surface area contributed by atoms with Crippen LogP contribution in [0.15, 0.2) is 18.2 Å². The highest BCUT2D eigenvalue weighted by Crippen LogP contribution is 2.38. The summed E-state index contributed by atoms with van der Waals surface area (Å²) in [6.45, 7) is 7.96. The lowest BCUT2D eigenvalue weighted by Crippen LogP contribution is -2.09. The Kier molecular flexibility index (Phi) is 3.16. The van der Waals surface area contributed by atoms with Crippen molar-refractivity contribution in [2.24, 2.45) is 5.41 Å². The van der Waals surface area contributed by atoms with Crippen molar-refractivity contribution in [2.45, 2.75) is 39.5 Å². The van der Waals surface area contributed by atoms with Gasteiger partial charge in [0, 0.05) is 23.2 Å². The number of hydrogen-bond donors (Lipinski definition) is 1. The topological polar surface area (TPSA) is 12.0 Å². The van der Waals surface area contributed by atoms with Gasteiger partial charge < -0.3 is 5.32 Å². The van der Waals surface area contributed by atoms with Crippen molar-refractivity contribution in [1.82, 2.24) is 0 Å². The summed E-state index contributed by atoms with van der Waals surface area (Å²) in [4.78, 5) is 0. The van der Waals surface area contributed by atoms with Crippen LogP contribution in [0.1, 0.15) is 45.1 Å². The lowest BCUT2D eigenvalue weighted by Gasteiger charge is -2.20. The van der Waals surface area contributed by atoms with Gasteiger partial charge in [0.25, 0.3) is 0 Å².